The van der Waals surface area contributed by atoms with E-state index in [-0.39, 0.29) is 32.0 Å². The van der Waals surface area contributed by atoms with Crippen LogP contribution in [0.15, 0.2) is 0 Å². The van der Waals surface area contributed by atoms with Gasteiger partial charge in [-0.3, -0.25) is 9.11 Å². The standard InChI is InChI=1S/Mo.2H2O4S.2O/c;2*1-5(2,3)4;;/h;2*(H2,1,2,3,4);;/q;;;2*-2/p-2. The second-order valence-corrected chi connectivity index (χ2v) is 2.57. The molecule has 0 saturated heterocycles. The van der Waals surface area contributed by atoms with Crippen LogP contribution in [0.4, 0.5) is 0 Å². The fraction of sp³-hybridized carbons (Fsp3) is 0. The van der Waals surface area contributed by atoms with E-state index in [0.29, 0.717) is 0 Å². The van der Waals surface area contributed by atoms with Crippen LogP contribution in [-0.4, -0.2) is 35.0 Å². The summed E-state index contributed by atoms with van der Waals surface area (Å²) in [5.41, 5.74) is 0. The Morgan fingerprint density at radius 3 is 0.769 bits per heavy atom. The molecule has 0 spiro atoms. The van der Waals surface area contributed by atoms with Gasteiger partial charge in [0.2, 0.25) is 20.8 Å². The summed E-state index contributed by atoms with van der Waals surface area (Å²) in [7, 11) is -9.83. The Balaban J connectivity index is -0.0000000267. The van der Waals surface area contributed by atoms with Crippen molar-refractivity contribution in [3.63, 3.8) is 0 Å². The van der Waals surface area contributed by atoms with Crippen molar-refractivity contribution in [3.05, 3.63) is 0 Å². The van der Waals surface area contributed by atoms with Crippen LogP contribution >= 0.6 is 0 Å². The van der Waals surface area contributed by atoms with Crippen LogP contribution in [0.1, 0.15) is 0 Å². The first kappa shape index (κ1) is 29.2. The molecular weight excluding hydrogens is 320 g/mol. The molecule has 0 aromatic carbocycles. The Labute approximate surface area is 88.0 Å². The molecule has 0 heterocycles. The van der Waals surface area contributed by atoms with Gasteiger partial charge in [0.25, 0.3) is 0 Å². The molecule has 10 nitrogen and oxygen atoms in total. The number of hydrogen-bond acceptors (Lipinski definition) is 6. The molecule has 0 unspecified atom stereocenters. The van der Waals surface area contributed by atoms with Crippen LogP contribution in [0.2, 0.25) is 0 Å². The van der Waals surface area contributed by atoms with Gasteiger partial charge in [-0.2, -0.15) is 0 Å². The molecule has 2 N–H and O–H groups in total. The van der Waals surface area contributed by atoms with E-state index in [9.17, 15) is 0 Å². The topological polar surface area (TPSA) is 212 Å². The van der Waals surface area contributed by atoms with E-state index in [2.05, 4.69) is 0 Å². The summed E-state index contributed by atoms with van der Waals surface area (Å²) in [5, 5.41) is 0. The largest absolute Gasteiger partial charge is 2.00 e. The Bertz CT molecular complexity index is 209. The maximum Gasteiger partial charge on any atom is 0.215 e. The molecule has 0 aromatic rings. The van der Waals surface area contributed by atoms with E-state index in [1.54, 1.807) is 0 Å². The summed E-state index contributed by atoms with van der Waals surface area (Å²) >= 11 is 0. The van der Waals surface area contributed by atoms with Gasteiger partial charge >= 0.3 is 0 Å². The third-order valence-electron chi connectivity index (χ3n) is 0. The molecule has 0 saturated carbocycles. The summed E-state index contributed by atoms with van der Waals surface area (Å²) < 4.78 is 65.7. The van der Waals surface area contributed by atoms with Crippen molar-refractivity contribution >= 4 is 20.8 Å². The third-order valence-corrected chi connectivity index (χ3v) is 0. The van der Waals surface area contributed by atoms with E-state index in [4.69, 9.17) is 35.0 Å². The molecule has 13 heteroatoms. The molecule has 0 radical (unpaired) electrons. The number of rotatable bonds is 0. The number of hydrogen-bond donors (Lipinski definition) is 2. The first-order valence-electron chi connectivity index (χ1n) is 1.37. The summed E-state index contributed by atoms with van der Waals surface area (Å²) in [5.74, 6) is 0. The Morgan fingerprint density at radius 2 is 0.769 bits per heavy atom. The maximum absolute atomic E-state index is 8.63. The smallest absolute Gasteiger partial charge is 0.215 e. The fourth-order valence-electron chi connectivity index (χ4n) is 0. The van der Waals surface area contributed by atoms with Gasteiger partial charge < -0.3 is 20.1 Å². The second-order valence-electron chi connectivity index (χ2n) is 0.855. The zero-order chi connectivity index (χ0) is 9.00. The minimum atomic E-state index is -4.92. The van der Waals surface area contributed by atoms with Crippen molar-refractivity contribution < 1.29 is 67.1 Å². The van der Waals surface area contributed by atoms with Gasteiger partial charge in [0.15, 0.2) is 0 Å². The van der Waals surface area contributed by atoms with E-state index in [0.717, 1.165) is 0 Å². The van der Waals surface area contributed by atoms with E-state index >= 15 is 0 Å². The van der Waals surface area contributed by atoms with Crippen molar-refractivity contribution in [1.82, 2.24) is 0 Å². The predicted octanol–water partition coefficient (Wildman–Crippen LogP) is -2.23. The molecule has 86 valence electrons. The third kappa shape index (κ3) is 10900. The van der Waals surface area contributed by atoms with E-state index in [1.807, 2.05) is 0 Å². The van der Waals surface area contributed by atoms with Gasteiger partial charge in [0, 0.05) is 21.1 Å². The van der Waals surface area contributed by atoms with Crippen LogP contribution in [-0.2, 0) is 52.8 Å². The summed E-state index contributed by atoms with van der Waals surface area (Å²) in [6.45, 7) is 0. The monoisotopic (exact) mass is 324 g/mol. The van der Waals surface area contributed by atoms with Gasteiger partial charge in [-0.25, -0.2) is 16.8 Å². The van der Waals surface area contributed by atoms with Gasteiger partial charge in [0.05, 0.1) is 0 Å². The van der Waals surface area contributed by atoms with Crippen LogP contribution in [0, 0.1) is 0 Å². The van der Waals surface area contributed by atoms with Crippen molar-refractivity contribution in [2.75, 3.05) is 0 Å². The molecule has 0 aromatic heterocycles. The molecule has 0 fully saturated rings. The van der Waals surface area contributed by atoms with Crippen LogP contribution in [0.3, 0.4) is 0 Å². The van der Waals surface area contributed by atoms with Gasteiger partial charge in [-0.1, -0.05) is 0 Å². The molecule has 0 atom stereocenters. The zero-order valence-corrected chi connectivity index (χ0v) is 9.03. The molecule has 0 bridgehead atoms. The van der Waals surface area contributed by atoms with Crippen molar-refractivity contribution in [2.24, 2.45) is 0 Å². The molecular formula is H2MoO10S2-6. The molecule has 0 rings (SSSR count). The Morgan fingerprint density at radius 1 is 0.769 bits per heavy atom. The fourth-order valence-corrected chi connectivity index (χ4v) is 0. The minimum absolute atomic E-state index is 0. The van der Waals surface area contributed by atoms with E-state index < -0.39 is 20.8 Å². The molecule has 0 aliphatic heterocycles. The Hall–Kier alpha value is 0.348. The normalized spacial score (nSPS) is 8.92. The average Bonchev–Trinajstić information content (AvgIpc) is 1.12. The maximum atomic E-state index is 8.63. The quantitative estimate of drug-likeness (QED) is 0.282. The van der Waals surface area contributed by atoms with Crippen molar-refractivity contribution in [3.8, 4) is 0 Å². The summed E-state index contributed by atoms with van der Waals surface area (Å²) in [6, 6.07) is 0. The van der Waals surface area contributed by atoms with Crippen molar-refractivity contribution in [1.29, 1.82) is 0 Å². The molecule has 13 heavy (non-hydrogen) atoms. The first-order valence-corrected chi connectivity index (χ1v) is 4.10. The summed E-state index contributed by atoms with van der Waals surface area (Å²) in [4.78, 5) is 0. The first-order chi connectivity index (χ1) is 4.00. The van der Waals surface area contributed by atoms with Gasteiger partial charge in [-0.15, -0.1) is 0 Å². The van der Waals surface area contributed by atoms with E-state index in [1.165, 1.54) is 0 Å². The zero-order valence-electron chi connectivity index (χ0n) is 5.39. The molecule has 0 aliphatic carbocycles. The van der Waals surface area contributed by atoms with Gasteiger partial charge in [-0.05, 0) is 0 Å². The SMILES string of the molecule is O=S(=O)([O-])O.O=S(=O)([O-])O.[Mo].[O-2].[O-2]. The average molecular weight is 322 g/mol. The molecule has 0 amide bonds. The van der Waals surface area contributed by atoms with Crippen LogP contribution in [0.25, 0.3) is 0 Å². The van der Waals surface area contributed by atoms with Crippen molar-refractivity contribution in [2.45, 2.75) is 0 Å². The predicted molar refractivity (Wildman–Crippen MR) is 26.0 cm³/mol. The minimum Gasteiger partial charge on any atom is -2.00 e. The molecule has 0 aliphatic rings. The van der Waals surface area contributed by atoms with Crippen LogP contribution in [0.5, 0.6) is 0 Å². The second kappa shape index (κ2) is 10.4. The summed E-state index contributed by atoms with van der Waals surface area (Å²) in [6.07, 6.45) is 0. The van der Waals surface area contributed by atoms with Crippen LogP contribution < -0.4 is 0 Å². The Kier molecular flexibility index (Phi) is 23.4. The van der Waals surface area contributed by atoms with Gasteiger partial charge in [0.1, 0.15) is 0 Å².